The van der Waals surface area contributed by atoms with Crippen LogP contribution in [-0.2, 0) is 6.42 Å². The molecule has 5 rings (SSSR count). The number of carbonyl (C=O) groups excluding carboxylic acids is 1. The predicted octanol–water partition coefficient (Wildman–Crippen LogP) is 2.24. The zero-order chi connectivity index (χ0) is 17.8. The molecule has 3 N–H and O–H groups in total. The average molecular weight is 346 g/mol. The van der Waals surface area contributed by atoms with Crippen LogP contribution in [0.15, 0.2) is 48.9 Å². The zero-order valence-electron chi connectivity index (χ0n) is 14.0. The van der Waals surface area contributed by atoms with Gasteiger partial charge in [0.1, 0.15) is 5.69 Å². The van der Waals surface area contributed by atoms with Crippen molar-refractivity contribution in [1.29, 1.82) is 0 Å². The topological polar surface area (TPSA) is 94.0 Å². The van der Waals surface area contributed by atoms with Crippen molar-refractivity contribution in [1.82, 2.24) is 14.5 Å². The number of aliphatic hydroxyl groups excluding tert-OH is 1. The van der Waals surface area contributed by atoms with Crippen molar-refractivity contribution >= 4 is 5.91 Å². The Morgan fingerprint density at radius 3 is 2.88 bits per heavy atom. The number of carbonyl (C=O) groups is 1. The van der Waals surface area contributed by atoms with E-state index in [1.165, 1.54) is 11.1 Å². The number of primary amides is 1. The summed E-state index contributed by atoms with van der Waals surface area (Å²) in [5.74, 6) is -0.530. The number of aliphatic hydroxyl groups is 1. The second-order valence-electron chi connectivity index (χ2n) is 6.96. The molecule has 1 amide bonds. The van der Waals surface area contributed by atoms with E-state index in [4.69, 9.17) is 5.73 Å². The number of hydrogen-bond donors (Lipinski definition) is 2. The van der Waals surface area contributed by atoms with Gasteiger partial charge in [-0.3, -0.25) is 4.79 Å². The van der Waals surface area contributed by atoms with Crippen molar-refractivity contribution in [2.45, 2.75) is 25.0 Å². The van der Waals surface area contributed by atoms with Gasteiger partial charge in [-0.15, -0.1) is 0 Å². The Morgan fingerprint density at radius 1 is 1.19 bits per heavy atom. The van der Waals surface area contributed by atoms with Crippen LogP contribution in [0.1, 0.15) is 45.9 Å². The van der Waals surface area contributed by atoms with E-state index in [1.54, 1.807) is 12.1 Å². The maximum atomic E-state index is 11.4. The predicted molar refractivity (Wildman–Crippen MR) is 95.3 cm³/mol. The van der Waals surface area contributed by atoms with Crippen molar-refractivity contribution in [2.24, 2.45) is 11.7 Å². The van der Waals surface area contributed by atoms with E-state index >= 15 is 0 Å². The van der Waals surface area contributed by atoms with Gasteiger partial charge in [-0.05, 0) is 24.5 Å². The molecule has 3 atom stereocenters. The largest absolute Gasteiger partial charge is 0.388 e. The van der Waals surface area contributed by atoms with Gasteiger partial charge in [0, 0.05) is 22.7 Å². The molecule has 0 radical (unpaired) electrons. The molecule has 0 saturated heterocycles. The van der Waals surface area contributed by atoms with Crippen LogP contribution >= 0.6 is 0 Å². The molecule has 0 saturated carbocycles. The molecule has 6 heteroatoms. The van der Waals surface area contributed by atoms with Crippen molar-refractivity contribution < 1.29 is 9.90 Å². The van der Waals surface area contributed by atoms with Gasteiger partial charge in [0.05, 0.1) is 30.4 Å². The summed E-state index contributed by atoms with van der Waals surface area (Å²) < 4.78 is 2.16. The number of rotatable bonds is 2. The molecule has 1 aliphatic carbocycles. The van der Waals surface area contributed by atoms with Gasteiger partial charge in [0.2, 0.25) is 0 Å². The molecule has 1 aliphatic heterocycles. The summed E-state index contributed by atoms with van der Waals surface area (Å²) in [6.45, 7) is 0. The minimum Gasteiger partial charge on any atom is -0.388 e. The summed E-state index contributed by atoms with van der Waals surface area (Å²) in [7, 11) is 0. The molecule has 26 heavy (non-hydrogen) atoms. The summed E-state index contributed by atoms with van der Waals surface area (Å²) in [5.41, 5.74) is 10.6. The Bertz CT molecular complexity index is 1030. The fourth-order valence-electron chi connectivity index (χ4n) is 4.45. The summed E-state index contributed by atoms with van der Waals surface area (Å²) >= 11 is 0. The van der Waals surface area contributed by atoms with Gasteiger partial charge < -0.3 is 15.4 Å². The molecule has 0 unspecified atom stereocenters. The van der Waals surface area contributed by atoms with Crippen molar-refractivity contribution in [3.05, 3.63) is 71.4 Å². The van der Waals surface area contributed by atoms with Gasteiger partial charge >= 0.3 is 0 Å². The Morgan fingerprint density at radius 2 is 2.04 bits per heavy atom. The van der Waals surface area contributed by atoms with Crippen LogP contribution in [0.2, 0.25) is 0 Å². The Labute approximate surface area is 150 Å². The van der Waals surface area contributed by atoms with Gasteiger partial charge in [-0.2, -0.15) is 0 Å². The van der Waals surface area contributed by atoms with E-state index in [0.717, 1.165) is 23.4 Å². The van der Waals surface area contributed by atoms with Gasteiger partial charge in [0.15, 0.2) is 0 Å². The van der Waals surface area contributed by atoms with Crippen LogP contribution in [0.4, 0.5) is 0 Å². The molecular formula is C20H18N4O2. The highest BCUT2D eigenvalue weighted by atomic mass is 16.3. The minimum atomic E-state index is -0.653. The van der Waals surface area contributed by atoms with E-state index in [2.05, 4.69) is 26.7 Å². The number of imidazole rings is 1. The second-order valence-corrected chi connectivity index (χ2v) is 6.96. The molecule has 2 aromatic heterocycles. The first-order valence-corrected chi connectivity index (χ1v) is 8.74. The lowest BCUT2D eigenvalue weighted by atomic mass is 9.77. The van der Waals surface area contributed by atoms with Crippen LogP contribution < -0.4 is 5.73 Å². The third-order valence-electron chi connectivity index (χ3n) is 5.63. The fraction of sp³-hybridized carbons (Fsp3) is 0.250. The van der Waals surface area contributed by atoms with Gasteiger partial charge in [0.25, 0.3) is 5.91 Å². The Balaban J connectivity index is 1.57. The smallest absolute Gasteiger partial charge is 0.267 e. The number of pyridine rings is 1. The molecule has 6 nitrogen and oxygen atoms in total. The average Bonchev–Trinajstić information content (AvgIpc) is 3.23. The van der Waals surface area contributed by atoms with E-state index in [9.17, 15) is 9.90 Å². The normalized spacial score (nSPS) is 23.2. The molecule has 0 spiro atoms. The lowest BCUT2D eigenvalue weighted by Crippen LogP contribution is -2.29. The van der Waals surface area contributed by atoms with E-state index in [-0.39, 0.29) is 17.7 Å². The number of nitrogens with two attached hydrogens (primary N) is 1. The van der Waals surface area contributed by atoms with Crippen LogP contribution in [0, 0.1) is 5.92 Å². The van der Waals surface area contributed by atoms with E-state index in [0.29, 0.717) is 6.42 Å². The number of amides is 1. The number of benzene rings is 1. The Kier molecular flexibility index (Phi) is 3.24. The second kappa shape index (κ2) is 5.51. The third-order valence-corrected chi connectivity index (χ3v) is 5.63. The Hall–Kier alpha value is -2.99. The maximum absolute atomic E-state index is 11.4. The van der Waals surface area contributed by atoms with Crippen molar-refractivity contribution in [3.63, 3.8) is 0 Å². The number of nitrogens with zero attached hydrogens (tertiary/aromatic N) is 3. The highest BCUT2D eigenvalue weighted by Gasteiger charge is 2.40. The fourth-order valence-corrected chi connectivity index (χ4v) is 4.45. The quantitative estimate of drug-likeness (QED) is 0.744. The summed E-state index contributed by atoms with van der Waals surface area (Å²) in [6.07, 6.45) is 4.56. The molecule has 3 aromatic rings. The molecule has 0 bridgehead atoms. The zero-order valence-corrected chi connectivity index (χ0v) is 14.0. The van der Waals surface area contributed by atoms with Crippen molar-refractivity contribution in [2.75, 3.05) is 0 Å². The van der Waals surface area contributed by atoms with Crippen LogP contribution in [0.5, 0.6) is 0 Å². The van der Waals surface area contributed by atoms with Crippen LogP contribution in [0.3, 0.4) is 0 Å². The molecule has 130 valence electrons. The standard InChI is InChI=1S/C20H18N4O2/c21-20(26)16-8-5-13-15(23-16)7-6-14(19(13)25)18-12-4-2-1-3-11(12)17-9-22-10-24(17)18/h1-5,8-10,14,18-19,25H,6-7H2,(H2,21,26)/t14-,18-,19+/m0/s1. The number of fused-ring (bicyclic) bond motifs is 4. The molecular weight excluding hydrogens is 328 g/mol. The minimum absolute atomic E-state index is 0.0142. The highest BCUT2D eigenvalue weighted by molar-refractivity contribution is 5.90. The van der Waals surface area contributed by atoms with Gasteiger partial charge in [-0.25, -0.2) is 9.97 Å². The highest BCUT2D eigenvalue weighted by Crippen LogP contribution is 2.49. The molecule has 0 fully saturated rings. The summed E-state index contributed by atoms with van der Waals surface area (Å²) in [4.78, 5) is 20.0. The first-order chi connectivity index (χ1) is 12.6. The molecule has 3 heterocycles. The van der Waals surface area contributed by atoms with Crippen LogP contribution in [-0.4, -0.2) is 25.5 Å². The number of hydrogen-bond acceptors (Lipinski definition) is 4. The van der Waals surface area contributed by atoms with Crippen molar-refractivity contribution in [3.8, 4) is 11.3 Å². The van der Waals surface area contributed by atoms with Gasteiger partial charge in [-0.1, -0.05) is 30.3 Å². The van der Waals surface area contributed by atoms with E-state index in [1.807, 2.05) is 24.7 Å². The number of aryl methyl sites for hydroxylation is 1. The van der Waals surface area contributed by atoms with E-state index < -0.39 is 12.0 Å². The third kappa shape index (κ3) is 2.05. The SMILES string of the molecule is NC(=O)c1ccc2c(n1)CC[C@@H]([C@@H]1c3ccccc3-c3cncn31)[C@@H]2O. The molecule has 2 aliphatic rings. The monoisotopic (exact) mass is 346 g/mol. The van der Waals surface area contributed by atoms with Crippen LogP contribution in [0.25, 0.3) is 11.3 Å². The summed E-state index contributed by atoms with van der Waals surface area (Å²) in [5, 5.41) is 11.1. The first-order valence-electron chi connectivity index (χ1n) is 8.74. The number of aromatic nitrogens is 3. The lowest BCUT2D eigenvalue weighted by molar-refractivity contribution is 0.0708. The summed E-state index contributed by atoms with van der Waals surface area (Å²) in [6, 6.07) is 11.7. The lowest BCUT2D eigenvalue weighted by Gasteiger charge is -2.34. The molecule has 1 aromatic carbocycles. The first kappa shape index (κ1) is 15.3. The maximum Gasteiger partial charge on any atom is 0.267 e.